The van der Waals surface area contributed by atoms with Crippen molar-refractivity contribution < 1.29 is 28.6 Å². The Morgan fingerprint density at radius 2 is 0.532 bits per heavy atom. The molecule has 0 saturated heterocycles. The number of hydrogen-bond acceptors (Lipinski definition) is 6. The maximum absolute atomic E-state index is 12.8. The molecule has 0 aliphatic rings. The second-order valence-electron chi connectivity index (χ2n) is 19.1. The van der Waals surface area contributed by atoms with Crippen LogP contribution < -0.4 is 0 Å². The van der Waals surface area contributed by atoms with Gasteiger partial charge in [-0.05, 0) is 148 Å². The first-order chi connectivity index (χ1) is 39.0. The SMILES string of the molecule is CC/C=C\C/C=C\C/C=C\C/C=C\C/C=C\C/C=C\C/C=C\C/C=C\C/C=C\CCCC(=O)OCC(COC(=O)CCCCCCC/C=C\C/C=C\CCC)OC(=O)CC/C=C\C/C=C\C/C=C\C/C=C\C/C=C\C/C=C\CC. The Morgan fingerprint density at radius 3 is 0.873 bits per heavy atom. The second-order valence-corrected chi connectivity index (χ2v) is 19.1. The lowest BCUT2D eigenvalue weighted by Gasteiger charge is -2.18. The summed E-state index contributed by atoms with van der Waals surface area (Å²) in [5.74, 6) is -1.12. The van der Waals surface area contributed by atoms with Gasteiger partial charge in [0.05, 0.1) is 0 Å². The van der Waals surface area contributed by atoms with E-state index in [9.17, 15) is 14.4 Å². The zero-order valence-corrected chi connectivity index (χ0v) is 49.8. The van der Waals surface area contributed by atoms with Gasteiger partial charge in [-0.3, -0.25) is 14.4 Å². The molecule has 1 unspecified atom stereocenters. The van der Waals surface area contributed by atoms with E-state index < -0.39 is 12.1 Å². The van der Waals surface area contributed by atoms with Crippen LogP contribution in [0.2, 0.25) is 0 Å². The molecule has 0 bridgehead atoms. The fourth-order valence-electron chi connectivity index (χ4n) is 7.27. The van der Waals surface area contributed by atoms with Crippen molar-refractivity contribution in [1.29, 1.82) is 0 Å². The summed E-state index contributed by atoms with van der Waals surface area (Å²) in [6.07, 6.45) is 99.9. The molecular formula is C73H108O6. The third-order valence-electron chi connectivity index (χ3n) is 11.7. The molecule has 0 aromatic carbocycles. The Balaban J connectivity index is 4.59. The predicted octanol–water partition coefficient (Wildman–Crippen LogP) is 21.2. The Hall–Kier alpha value is -6.01. The van der Waals surface area contributed by atoms with E-state index in [0.717, 1.165) is 154 Å². The van der Waals surface area contributed by atoms with Crippen LogP contribution in [-0.4, -0.2) is 37.2 Å². The predicted molar refractivity (Wildman–Crippen MR) is 343 cm³/mol. The molecule has 0 fully saturated rings. The van der Waals surface area contributed by atoms with Gasteiger partial charge in [0.15, 0.2) is 6.10 Å². The number of hydrogen-bond donors (Lipinski definition) is 0. The maximum Gasteiger partial charge on any atom is 0.306 e. The Morgan fingerprint density at radius 1 is 0.266 bits per heavy atom. The molecule has 79 heavy (non-hydrogen) atoms. The topological polar surface area (TPSA) is 78.9 Å². The highest BCUT2D eigenvalue weighted by Crippen LogP contribution is 2.11. The van der Waals surface area contributed by atoms with Crippen molar-refractivity contribution in [2.24, 2.45) is 0 Å². The first-order valence-electron chi connectivity index (χ1n) is 30.6. The second kappa shape index (κ2) is 64.5. The molecule has 0 amide bonds. The van der Waals surface area contributed by atoms with Crippen LogP contribution in [0.5, 0.6) is 0 Å². The van der Waals surface area contributed by atoms with Crippen molar-refractivity contribution in [2.75, 3.05) is 13.2 Å². The molecule has 0 aromatic rings. The van der Waals surface area contributed by atoms with Crippen LogP contribution in [0.25, 0.3) is 0 Å². The van der Waals surface area contributed by atoms with Gasteiger partial charge in [0.25, 0.3) is 0 Å². The average Bonchev–Trinajstić information content (AvgIpc) is 3.45. The normalized spacial score (nSPS) is 13.6. The minimum atomic E-state index is -0.862. The number of ether oxygens (including phenoxy) is 3. The van der Waals surface area contributed by atoms with Gasteiger partial charge < -0.3 is 14.2 Å². The summed E-state index contributed by atoms with van der Waals surface area (Å²) in [5.41, 5.74) is 0. The largest absolute Gasteiger partial charge is 0.462 e. The highest BCUT2D eigenvalue weighted by atomic mass is 16.6. The molecule has 0 rings (SSSR count). The zero-order valence-electron chi connectivity index (χ0n) is 49.8. The van der Waals surface area contributed by atoms with Crippen molar-refractivity contribution in [2.45, 2.75) is 219 Å². The molecule has 0 heterocycles. The van der Waals surface area contributed by atoms with Crippen molar-refractivity contribution >= 4 is 17.9 Å². The lowest BCUT2D eigenvalue weighted by Crippen LogP contribution is -2.30. The number of carbonyl (C=O) groups excluding carboxylic acids is 3. The lowest BCUT2D eigenvalue weighted by molar-refractivity contribution is -0.166. The van der Waals surface area contributed by atoms with E-state index in [1.807, 2.05) is 12.2 Å². The molecule has 0 radical (unpaired) electrons. The van der Waals surface area contributed by atoms with Crippen molar-refractivity contribution in [1.82, 2.24) is 0 Å². The van der Waals surface area contributed by atoms with Gasteiger partial charge in [-0.2, -0.15) is 0 Å². The smallest absolute Gasteiger partial charge is 0.306 e. The number of unbranched alkanes of at least 4 members (excludes halogenated alkanes) is 7. The van der Waals surface area contributed by atoms with Gasteiger partial charge in [-0.25, -0.2) is 0 Å². The van der Waals surface area contributed by atoms with Crippen LogP contribution in [0.15, 0.2) is 207 Å². The van der Waals surface area contributed by atoms with Gasteiger partial charge >= 0.3 is 17.9 Å². The maximum atomic E-state index is 12.8. The summed E-state index contributed by atoms with van der Waals surface area (Å²) in [5, 5.41) is 0. The molecule has 0 spiro atoms. The first-order valence-corrected chi connectivity index (χ1v) is 30.6. The molecule has 436 valence electrons. The van der Waals surface area contributed by atoms with Crippen LogP contribution in [-0.2, 0) is 28.6 Å². The van der Waals surface area contributed by atoms with Crippen molar-refractivity contribution in [3.63, 3.8) is 0 Å². The highest BCUT2D eigenvalue weighted by molar-refractivity contribution is 5.71. The minimum Gasteiger partial charge on any atom is -0.462 e. The van der Waals surface area contributed by atoms with Gasteiger partial charge in [0.2, 0.25) is 0 Å². The zero-order chi connectivity index (χ0) is 57.1. The minimum absolute atomic E-state index is 0.146. The quantitative estimate of drug-likeness (QED) is 0.0261. The molecule has 6 heteroatoms. The summed E-state index contributed by atoms with van der Waals surface area (Å²) >= 11 is 0. The molecule has 1 atom stereocenters. The summed E-state index contributed by atoms with van der Waals surface area (Å²) in [6, 6.07) is 0. The molecule has 0 aliphatic carbocycles. The standard InChI is InChI=1S/C73H108O6/c1-4-7-10-13-16-19-22-25-27-29-31-32-33-34-35-36-37-38-39-40-42-43-45-48-51-54-57-60-63-66-72(75)78-69-70(68-77-71(74)65-62-59-56-53-50-47-24-21-18-15-12-9-6-3)79-73(76)67-64-61-58-55-52-49-46-44-41-30-28-26-23-20-17-14-11-8-5-2/h7-8,10-12,15-17,19-21,24-28,31-32,34-35,37-38,40-42,44-45,48-49,52,54,57-58,61,70H,4-6,9,13-14,18,22-23,29-30,33,36,39,43,46-47,50-51,53,55-56,59-60,62-69H2,1-3H3/b10-7-,11-8-,15-12-,19-16-,20-17-,24-21-,27-25-,28-26-,32-31-,35-34-,38-37-,42-40-,44-41-,48-45-,52-49-,57-54-,61-58-. The van der Waals surface area contributed by atoms with Crippen molar-refractivity contribution in [3.05, 3.63) is 207 Å². The summed E-state index contributed by atoms with van der Waals surface area (Å²) in [7, 11) is 0. The van der Waals surface area contributed by atoms with Gasteiger partial charge in [0, 0.05) is 19.3 Å². The summed E-state index contributed by atoms with van der Waals surface area (Å²) < 4.78 is 16.7. The van der Waals surface area contributed by atoms with E-state index in [4.69, 9.17) is 14.2 Å². The molecule has 0 N–H and O–H groups in total. The number of rotatable bonds is 52. The fraction of sp³-hybridized carbons (Fsp3) is 0.493. The number of esters is 3. The molecular weight excluding hydrogens is 973 g/mol. The van der Waals surface area contributed by atoms with E-state index in [2.05, 4.69) is 215 Å². The number of allylic oxidation sites excluding steroid dienone is 34. The van der Waals surface area contributed by atoms with Crippen LogP contribution in [0.1, 0.15) is 213 Å². The molecule has 0 saturated carbocycles. The monoisotopic (exact) mass is 1080 g/mol. The van der Waals surface area contributed by atoms with E-state index in [0.29, 0.717) is 19.3 Å². The van der Waals surface area contributed by atoms with Gasteiger partial charge in [-0.1, -0.05) is 253 Å². The Labute approximate surface area is 483 Å². The van der Waals surface area contributed by atoms with Gasteiger partial charge in [-0.15, -0.1) is 0 Å². The highest BCUT2D eigenvalue weighted by Gasteiger charge is 2.19. The van der Waals surface area contributed by atoms with Crippen LogP contribution in [0.4, 0.5) is 0 Å². The third kappa shape index (κ3) is 62.7. The summed E-state index contributed by atoms with van der Waals surface area (Å²) in [6.45, 7) is 6.19. The molecule has 0 aliphatic heterocycles. The Bertz CT molecular complexity index is 1960. The van der Waals surface area contributed by atoms with E-state index >= 15 is 0 Å². The van der Waals surface area contributed by atoms with Crippen LogP contribution >= 0.6 is 0 Å². The molecule has 6 nitrogen and oxygen atoms in total. The molecule has 0 aromatic heterocycles. The van der Waals surface area contributed by atoms with Crippen LogP contribution in [0, 0.1) is 0 Å². The summed E-state index contributed by atoms with van der Waals surface area (Å²) in [4.78, 5) is 38.2. The first kappa shape index (κ1) is 73.0. The van der Waals surface area contributed by atoms with E-state index in [1.165, 1.54) is 6.42 Å². The number of carbonyl (C=O) groups is 3. The van der Waals surface area contributed by atoms with Gasteiger partial charge in [0.1, 0.15) is 13.2 Å². The van der Waals surface area contributed by atoms with E-state index in [-0.39, 0.29) is 38.0 Å². The average molecular weight is 1080 g/mol. The Kier molecular flexibility index (Phi) is 59.6. The fourth-order valence-corrected chi connectivity index (χ4v) is 7.27. The van der Waals surface area contributed by atoms with Crippen molar-refractivity contribution in [3.8, 4) is 0 Å². The van der Waals surface area contributed by atoms with Crippen LogP contribution in [0.3, 0.4) is 0 Å². The van der Waals surface area contributed by atoms with E-state index in [1.54, 1.807) is 0 Å². The lowest BCUT2D eigenvalue weighted by atomic mass is 10.1. The third-order valence-corrected chi connectivity index (χ3v) is 11.7.